The van der Waals surface area contributed by atoms with E-state index in [1.54, 1.807) is 18.2 Å². The van der Waals surface area contributed by atoms with Crippen molar-refractivity contribution in [3.63, 3.8) is 0 Å². The Labute approximate surface area is 240 Å². The number of hydrogen-bond donors (Lipinski definition) is 2. The Morgan fingerprint density at radius 2 is 2.00 bits per heavy atom. The molecule has 1 saturated carbocycles. The number of nitrogens with one attached hydrogen (secondary N) is 2. The standard InChI is InChI=1S/C27H33ClF2N4O5S/c1-27(2,3)15-34(16-4-5-16)19(13-31-25(37)21-8-9-22(28)40-21)24(36)32-18-7-6-17(12-20(18)39-26(29)30)33-10-11-38-14-23(33)35/h6-9,12,16,19,26H,4-5,10-11,13-15H2,1-3H3,(H,31,37)(H,32,36)/t19-/m0/s1. The number of carbonyl (C=O) groups excluding carboxylic acids is 3. The van der Waals surface area contributed by atoms with Gasteiger partial charge < -0.3 is 25.0 Å². The minimum absolute atomic E-state index is 0.00182. The van der Waals surface area contributed by atoms with E-state index < -0.39 is 18.6 Å². The van der Waals surface area contributed by atoms with Crippen LogP contribution in [0.25, 0.3) is 0 Å². The molecule has 1 aliphatic carbocycles. The first-order chi connectivity index (χ1) is 18.9. The maximum absolute atomic E-state index is 13.8. The molecule has 2 fully saturated rings. The summed E-state index contributed by atoms with van der Waals surface area (Å²) in [4.78, 5) is 42.7. The summed E-state index contributed by atoms with van der Waals surface area (Å²) < 4.78 is 37.1. The first-order valence-corrected chi connectivity index (χ1v) is 14.2. The molecule has 2 heterocycles. The van der Waals surface area contributed by atoms with Crippen LogP contribution in [-0.4, -0.2) is 74.2 Å². The molecule has 0 spiro atoms. The van der Waals surface area contributed by atoms with E-state index in [0.717, 1.165) is 24.2 Å². The minimum Gasteiger partial charge on any atom is -0.433 e. The summed E-state index contributed by atoms with van der Waals surface area (Å²) in [5, 5.41) is 5.57. The lowest BCUT2D eigenvalue weighted by Gasteiger charge is -2.36. The number of ether oxygens (including phenoxy) is 2. The fraction of sp³-hybridized carbons (Fsp3) is 0.519. The number of benzene rings is 1. The fourth-order valence-electron chi connectivity index (χ4n) is 4.50. The lowest BCUT2D eigenvalue weighted by Crippen LogP contribution is -2.53. The first-order valence-electron chi connectivity index (χ1n) is 13.0. The van der Waals surface area contributed by atoms with E-state index in [2.05, 4.69) is 36.3 Å². The normalized spacial score (nSPS) is 16.8. The largest absolute Gasteiger partial charge is 0.433 e. The number of thiophene rings is 1. The number of rotatable bonds is 11. The highest BCUT2D eigenvalue weighted by Crippen LogP contribution is 2.35. The summed E-state index contributed by atoms with van der Waals surface area (Å²) in [5.74, 6) is -1.42. The number of carbonyl (C=O) groups is 3. The molecule has 0 bridgehead atoms. The molecule has 1 atom stereocenters. The number of anilines is 2. The van der Waals surface area contributed by atoms with Crippen LogP contribution in [0.15, 0.2) is 30.3 Å². The van der Waals surface area contributed by atoms with Crippen LogP contribution in [0.1, 0.15) is 43.3 Å². The summed E-state index contributed by atoms with van der Waals surface area (Å²) in [6, 6.07) is 6.90. The molecule has 2 N–H and O–H groups in total. The van der Waals surface area contributed by atoms with Crippen molar-refractivity contribution in [3.05, 3.63) is 39.5 Å². The summed E-state index contributed by atoms with van der Waals surface area (Å²) in [5.41, 5.74) is 0.234. The number of morpholine rings is 1. The van der Waals surface area contributed by atoms with Crippen LogP contribution in [0.2, 0.25) is 4.34 Å². The van der Waals surface area contributed by atoms with Gasteiger partial charge in [-0.3, -0.25) is 19.3 Å². The maximum Gasteiger partial charge on any atom is 0.387 e. The van der Waals surface area contributed by atoms with Crippen molar-refractivity contribution in [1.82, 2.24) is 10.2 Å². The Bertz CT molecular complexity index is 1230. The third-order valence-electron chi connectivity index (χ3n) is 6.37. The second-order valence-electron chi connectivity index (χ2n) is 10.9. The van der Waals surface area contributed by atoms with Gasteiger partial charge in [-0.1, -0.05) is 32.4 Å². The predicted octanol–water partition coefficient (Wildman–Crippen LogP) is 4.61. The fourth-order valence-corrected chi connectivity index (χ4v) is 5.46. The highest BCUT2D eigenvalue weighted by molar-refractivity contribution is 7.18. The van der Waals surface area contributed by atoms with Crippen LogP contribution in [-0.2, 0) is 14.3 Å². The Morgan fingerprint density at radius 1 is 1.25 bits per heavy atom. The van der Waals surface area contributed by atoms with E-state index in [-0.39, 0.29) is 54.4 Å². The van der Waals surface area contributed by atoms with Crippen LogP contribution in [0.4, 0.5) is 20.2 Å². The second-order valence-corrected chi connectivity index (χ2v) is 12.7. The van der Waals surface area contributed by atoms with E-state index in [1.807, 2.05) is 0 Å². The van der Waals surface area contributed by atoms with Gasteiger partial charge in [0.1, 0.15) is 12.6 Å². The lowest BCUT2D eigenvalue weighted by molar-refractivity contribution is -0.125. The van der Waals surface area contributed by atoms with Crippen molar-refractivity contribution in [3.8, 4) is 5.75 Å². The van der Waals surface area contributed by atoms with Crippen molar-refractivity contribution in [1.29, 1.82) is 0 Å². The second kappa shape index (κ2) is 12.8. The molecular weight excluding hydrogens is 566 g/mol. The van der Waals surface area contributed by atoms with Gasteiger partial charge in [0, 0.05) is 37.4 Å². The van der Waals surface area contributed by atoms with Gasteiger partial charge in [0.05, 0.1) is 21.5 Å². The summed E-state index contributed by atoms with van der Waals surface area (Å²) >= 11 is 7.11. The van der Waals surface area contributed by atoms with Gasteiger partial charge in [-0.2, -0.15) is 8.78 Å². The molecule has 2 aromatic rings. The molecule has 4 rings (SSSR count). The van der Waals surface area contributed by atoms with Crippen molar-refractivity contribution in [2.24, 2.45) is 5.41 Å². The molecule has 218 valence electrons. The van der Waals surface area contributed by atoms with Crippen LogP contribution in [0.5, 0.6) is 5.75 Å². The number of nitrogens with zero attached hydrogens (tertiary/aromatic N) is 2. The van der Waals surface area contributed by atoms with Gasteiger partial charge in [0.2, 0.25) is 5.91 Å². The Balaban J connectivity index is 1.58. The topological polar surface area (TPSA) is 100 Å². The molecule has 0 unspecified atom stereocenters. The molecule has 3 amide bonds. The van der Waals surface area contributed by atoms with E-state index in [0.29, 0.717) is 28.1 Å². The van der Waals surface area contributed by atoms with Gasteiger partial charge in [-0.15, -0.1) is 11.3 Å². The number of halogens is 3. The minimum atomic E-state index is -3.15. The third kappa shape index (κ3) is 8.12. The monoisotopic (exact) mass is 598 g/mol. The van der Waals surface area contributed by atoms with Gasteiger partial charge in [0.15, 0.2) is 5.75 Å². The average molecular weight is 599 g/mol. The predicted molar refractivity (Wildman–Crippen MR) is 150 cm³/mol. The van der Waals surface area contributed by atoms with Crippen LogP contribution >= 0.6 is 22.9 Å². The highest BCUT2D eigenvalue weighted by Gasteiger charge is 2.39. The van der Waals surface area contributed by atoms with Crippen molar-refractivity contribution in [2.75, 3.05) is 43.1 Å². The summed E-state index contributed by atoms with van der Waals surface area (Å²) in [6.07, 6.45) is 1.83. The van der Waals surface area contributed by atoms with Crippen molar-refractivity contribution < 1.29 is 32.6 Å². The Kier molecular flexibility index (Phi) is 9.65. The smallest absolute Gasteiger partial charge is 0.387 e. The Morgan fingerprint density at radius 3 is 2.60 bits per heavy atom. The number of alkyl halides is 2. The maximum atomic E-state index is 13.8. The Hall–Kier alpha value is -2.80. The zero-order valence-corrected chi connectivity index (χ0v) is 24.1. The van der Waals surface area contributed by atoms with E-state index in [4.69, 9.17) is 21.1 Å². The van der Waals surface area contributed by atoms with E-state index in [1.165, 1.54) is 17.0 Å². The summed E-state index contributed by atoms with van der Waals surface area (Å²) in [7, 11) is 0. The van der Waals surface area contributed by atoms with Crippen molar-refractivity contribution in [2.45, 2.75) is 52.3 Å². The lowest BCUT2D eigenvalue weighted by atomic mass is 9.95. The first kappa shape index (κ1) is 30.2. The number of amides is 3. The molecule has 1 aromatic heterocycles. The van der Waals surface area contributed by atoms with E-state index in [9.17, 15) is 23.2 Å². The SMILES string of the molecule is CC(C)(C)CN(C1CC1)[C@@H](CNC(=O)c1ccc(Cl)s1)C(=O)Nc1ccc(N2CCOCC2=O)cc1OC(F)F. The van der Waals surface area contributed by atoms with Crippen LogP contribution in [0, 0.1) is 5.41 Å². The molecule has 2 aliphatic rings. The third-order valence-corrected chi connectivity index (χ3v) is 7.60. The zero-order chi connectivity index (χ0) is 29.0. The van der Waals surface area contributed by atoms with Gasteiger partial charge in [0.25, 0.3) is 11.8 Å². The molecule has 1 aromatic carbocycles. The van der Waals surface area contributed by atoms with Gasteiger partial charge in [-0.25, -0.2) is 0 Å². The van der Waals surface area contributed by atoms with Gasteiger partial charge in [-0.05, 0) is 42.5 Å². The molecule has 9 nitrogen and oxygen atoms in total. The highest BCUT2D eigenvalue weighted by atomic mass is 35.5. The van der Waals surface area contributed by atoms with Crippen LogP contribution in [0.3, 0.4) is 0 Å². The van der Waals surface area contributed by atoms with Crippen molar-refractivity contribution >= 4 is 52.0 Å². The number of hydrogen-bond acceptors (Lipinski definition) is 7. The molecule has 13 heteroatoms. The molecule has 1 aliphatic heterocycles. The molecular formula is C27H33ClF2N4O5S. The zero-order valence-electron chi connectivity index (χ0n) is 22.5. The summed E-state index contributed by atoms with van der Waals surface area (Å²) in [6.45, 7) is 4.07. The molecule has 1 saturated heterocycles. The average Bonchev–Trinajstić information content (AvgIpc) is 3.63. The quantitative estimate of drug-likeness (QED) is 0.392. The molecule has 0 radical (unpaired) electrons. The van der Waals surface area contributed by atoms with Crippen LogP contribution < -0.4 is 20.3 Å². The van der Waals surface area contributed by atoms with Gasteiger partial charge >= 0.3 is 6.61 Å². The van der Waals surface area contributed by atoms with E-state index >= 15 is 0 Å². The molecule has 40 heavy (non-hydrogen) atoms.